The minimum absolute atomic E-state index is 0.0285. The first kappa shape index (κ1) is 32.7. The average Bonchev–Trinajstić information content (AvgIpc) is 3.49. The molecule has 2 aromatic heterocycles. The van der Waals surface area contributed by atoms with Gasteiger partial charge in [-0.15, -0.1) is 0 Å². The van der Waals surface area contributed by atoms with E-state index in [0.717, 1.165) is 40.4 Å². The first-order chi connectivity index (χ1) is 20.7. The van der Waals surface area contributed by atoms with Gasteiger partial charge >= 0.3 is 0 Å². The maximum absolute atomic E-state index is 14.1. The van der Waals surface area contributed by atoms with E-state index in [-0.39, 0.29) is 40.0 Å². The van der Waals surface area contributed by atoms with Gasteiger partial charge in [0.1, 0.15) is 23.3 Å². The molecule has 0 saturated heterocycles. The van der Waals surface area contributed by atoms with Crippen LogP contribution in [-0.4, -0.2) is 49.9 Å². The van der Waals surface area contributed by atoms with Crippen molar-refractivity contribution < 1.29 is 27.2 Å². The van der Waals surface area contributed by atoms with Gasteiger partial charge in [0.05, 0.1) is 11.5 Å². The lowest BCUT2D eigenvalue weighted by molar-refractivity contribution is 0.111. The summed E-state index contributed by atoms with van der Waals surface area (Å²) in [5, 5.41) is 4.13. The SMILES string of the molecule is CCCCc1nc(Cl)c(C=O)n1Cc1ccc(-c2ccccc2S(=O)(=O)N(COC)c2noc(C)c2Cl)c(COCC)c1. The number of hydrogen-bond donors (Lipinski definition) is 0. The molecular weight excluding hydrogens is 615 g/mol. The van der Waals surface area contributed by atoms with Gasteiger partial charge in [0.15, 0.2) is 17.2 Å². The normalized spacial score (nSPS) is 11.7. The molecule has 13 heteroatoms. The fourth-order valence-electron chi connectivity index (χ4n) is 4.72. The molecule has 0 aliphatic carbocycles. The van der Waals surface area contributed by atoms with Gasteiger partial charge in [-0.05, 0) is 43.0 Å². The summed E-state index contributed by atoms with van der Waals surface area (Å²) >= 11 is 12.6. The highest BCUT2D eigenvalue weighted by atomic mass is 35.5. The van der Waals surface area contributed by atoms with Crippen LogP contribution in [0.25, 0.3) is 11.1 Å². The Balaban J connectivity index is 1.81. The molecule has 0 saturated carbocycles. The van der Waals surface area contributed by atoms with Crippen molar-refractivity contribution in [3.05, 3.63) is 81.0 Å². The summed E-state index contributed by atoms with van der Waals surface area (Å²) in [7, 11) is -2.85. The summed E-state index contributed by atoms with van der Waals surface area (Å²) in [6, 6.07) is 12.4. The van der Waals surface area contributed by atoms with Crippen molar-refractivity contribution >= 4 is 45.3 Å². The Bertz CT molecular complexity index is 1690. The summed E-state index contributed by atoms with van der Waals surface area (Å²) < 4.78 is 47.2. The third-order valence-electron chi connectivity index (χ3n) is 6.88. The molecule has 0 spiro atoms. The Morgan fingerprint density at radius 1 is 1.12 bits per heavy atom. The number of aldehydes is 1. The standard InChI is InChI=1S/C30H34Cl2N4O6S/c1-5-7-12-27-33-29(32)25(17-37)35(27)16-21-13-14-23(22(15-21)18-41-6-2)24-10-8-9-11-26(24)43(38,39)36(19-40-4)30-28(31)20(3)42-34-30/h8-11,13-15,17H,5-7,12,16,18-19H2,1-4H3. The van der Waals surface area contributed by atoms with Crippen molar-refractivity contribution in [1.29, 1.82) is 0 Å². The van der Waals surface area contributed by atoms with Crippen LogP contribution in [0, 0.1) is 6.92 Å². The fraction of sp³-hybridized carbons (Fsp3) is 0.367. The maximum Gasteiger partial charge on any atom is 0.268 e. The average molecular weight is 650 g/mol. The molecule has 4 aromatic rings. The Labute approximate surface area is 261 Å². The lowest BCUT2D eigenvalue weighted by Gasteiger charge is -2.23. The van der Waals surface area contributed by atoms with E-state index in [1.807, 2.05) is 29.7 Å². The Morgan fingerprint density at radius 3 is 2.53 bits per heavy atom. The van der Waals surface area contributed by atoms with Crippen molar-refractivity contribution in [3.8, 4) is 11.1 Å². The van der Waals surface area contributed by atoms with Crippen LogP contribution >= 0.6 is 23.2 Å². The molecule has 0 amide bonds. The van der Waals surface area contributed by atoms with Gasteiger partial charge in [0.2, 0.25) is 5.82 Å². The van der Waals surface area contributed by atoms with E-state index in [0.29, 0.717) is 36.4 Å². The van der Waals surface area contributed by atoms with Crippen molar-refractivity contribution in [3.63, 3.8) is 0 Å². The van der Waals surface area contributed by atoms with E-state index < -0.39 is 10.0 Å². The molecule has 0 fully saturated rings. The predicted molar refractivity (Wildman–Crippen MR) is 165 cm³/mol. The summed E-state index contributed by atoms with van der Waals surface area (Å²) in [6.07, 6.45) is 3.29. The molecule has 2 heterocycles. The van der Waals surface area contributed by atoms with Crippen LogP contribution < -0.4 is 4.31 Å². The molecule has 2 aromatic carbocycles. The lowest BCUT2D eigenvalue weighted by Crippen LogP contribution is -2.33. The molecule has 0 aliphatic rings. The number of sulfonamides is 1. The molecule has 43 heavy (non-hydrogen) atoms. The van der Waals surface area contributed by atoms with Crippen molar-refractivity contribution in [2.24, 2.45) is 0 Å². The number of benzene rings is 2. The van der Waals surface area contributed by atoms with Crippen molar-refractivity contribution in [2.75, 3.05) is 24.8 Å². The molecule has 0 unspecified atom stereocenters. The molecule has 10 nitrogen and oxygen atoms in total. The number of aromatic nitrogens is 3. The smallest absolute Gasteiger partial charge is 0.268 e. The van der Waals surface area contributed by atoms with Crippen LogP contribution in [0.15, 0.2) is 51.9 Å². The number of methoxy groups -OCH3 is 1. The van der Waals surface area contributed by atoms with Crippen LogP contribution in [-0.2, 0) is 39.1 Å². The number of ether oxygens (including phenoxy) is 2. The van der Waals surface area contributed by atoms with E-state index in [2.05, 4.69) is 17.1 Å². The van der Waals surface area contributed by atoms with Crippen LogP contribution in [0.2, 0.25) is 10.2 Å². The highest BCUT2D eigenvalue weighted by molar-refractivity contribution is 7.93. The number of anilines is 1. The molecule has 0 radical (unpaired) electrons. The summed E-state index contributed by atoms with van der Waals surface area (Å²) in [5.74, 6) is 0.955. The second-order valence-electron chi connectivity index (χ2n) is 9.78. The zero-order valence-electron chi connectivity index (χ0n) is 24.5. The first-order valence-corrected chi connectivity index (χ1v) is 16.0. The number of unbranched alkanes of at least 4 members (excludes halogenated alkanes) is 1. The minimum Gasteiger partial charge on any atom is -0.377 e. The lowest BCUT2D eigenvalue weighted by atomic mass is 9.97. The summed E-state index contributed by atoms with van der Waals surface area (Å²) in [6.45, 7) is 6.29. The molecule has 0 N–H and O–H groups in total. The Hall–Kier alpha value is -3.22. The number of halogens is 2. The van der Waals surface area contributed by atoms with Crippen LogP contribution in [0.4, 0.5) is 5.82 Å². The second kappa shape index (κ2) is 14.5. The van der Waals surface area contributed by atoms with Crippen molar-refractivity contribution in [1.82, 2.24) is 14.7 Å². The number of imidazole rings is 1. The number of hydrogen-bond acceptors (Lipinski definition) is 8. The van der Waals surface area contributed by atoms with Crippen LogP contribution in [0.1, 0.15) is 59.9 Å². The molecule has 230 valence electrons. The minimum atomic E-state index is -4.23. The van der Waals surface area contributed by atoms with Gasteiger partial charge in [-0.1, -0.05) is 78.1 Å². The van der Waals surface area contributed by atoms with Gasteiger partial charge < -0.3 is 18.6 Å². The van der Waals surface area contributed by atoms with E-state index in [9.17, 15) is 13.2 Å². The van der Waals surface area contributed by atoms with Crippen LogP contribution in [0.5, 0.6) is 0 Å². The number of carbonyl (C=O) groups excluding carboxylic acids is 1. The highest BCUT2D eigenvalue weighted by Gasteiger charge is 2.32. The van der Waals surface area contributed by atoms with E-state index in [1.54, 1.807) is 25.1 Å². The fourth-order valence-corrected chi connectivity index (χ4v) is 6.72. The molecular formula is C30H34Cl2N4O6S. The molecule has 0 atom stereocenters. The molecule has 0 bridgehead atoms. The van der Waals surface area contributed by atoms with E-state index in [4.69, 9.17) is 37.2 Å². The second-order valence-corrected chi connectivity index (χ2v) is 12.4. The Morgan fingerprint density at radius 2 is 1.88 bits per heavy atom. The van der Waals surface area contributed by atoms with Gasteiger partial charge in [-0.25, -0.2) is 17.7 Å². The van der Waals surface area contributed by atoms with E-state index in [1.165, 1.54) is 13.2 Å². The quantitative estimate of drug-likeness (QED) is 0.103. The predicted octanol–water partition coefficient (Wildman–Crippen LogP) is 6.69. The molecule has 0 aliphatic heterocycles. The zero-order chi connectivity index (χ0) is 31.1. The third-order valence-corrected chi connectivity index (χ3v) is 9.36. The summed E-state index contributed by atoms with van der Waals surface area (Å²) in [4.78, 5) is 16.3. The topological polar surface area (TPSA) is 117 Å². The number of nitrogens with zero attached hydrogens (tertiary/aromatic N) is 4. The zero-order valence-corrected chi connectivity index (χ0v) is 26.8. The van der Waals surface area contributed by atoms with Crippen LogP contribution in [0.3, 0.4) is 0 Å². The monoisotopic (exact) mass is 648 g/mol. The highest BCUT2D eigenvalue weighted by Crippen LogP contribution is 2.37. The van der Waals surface area contributed by atoms with E-state index >= 15 is 0 Å². The number of rotatable bonds is 15. The largest absolute Gasteiger partial charge is 0.377 e. The molecule has 4 rings (SSSR count). The summed E-state index contributed by atoms with van der Waals surface area (Å²) in [5.41, 5.74) is 3.09. The first-order valence-electron chi connectivity index (χ1n) is 13.8. The van der Waals surface area contributed by atoms with Crippen molar-refractivity contribution in [2.45, 2.75) is 58.1 Å². The van der Waals surface area contributed by atoms with Gasteiger partial charge in [-0.2, -0.15) is 0 Å². The van der Waals surface area contributed by atoms with Gasteiger partial charge in [0, 0.05) is 32.2 Å². The number of carbonyl (C=O) groups is 1. The number of aryl methyl sites for hydroxylation is 2. The Kier molecular flexibility index (Phi) is 11.0. The van der Waals surface area contributed by atoms with Gasteiger partial charge in [-0.3, -0.25) is 4.79 Å². The van der Waals surface area contributed by atoms with Gasteiger partial charge in [0.25, 0.3) is 10.0 Å². The maximum atomic E-state index is 14.1. The third kappa shape index (κ3) is 6.97.